The summed E-state index contributed by atoms with van der Waals surface area (Å²) in [4.78, 5) is 12.2. The third kappa shape index (κ3) is 1.46. The van der Waals surface area contributed by atoms with Crippen molar-refractivity contribution in [2.75, 3.05) is 0 Å². The summed E-state index contributed by atoms with van der Waals surface area (Å²) in [6.45, 7) is 4.18. The molecule has 2 fully saturated rings. The van der Waals surface area contributed by atoms with E-state index in [0.717, 1.165) is 0 Å². The average Bonchev–Trinajstić information content (AvgIpc) is 2.56. The molecule has 2 nitrogen and oxygen atoms in total. The Morgan fingerprint density at radius 3 is 2.15 bits per heavy atom. The molecule has 0 amide bonds. The van der Waals surface area contributed by atoms with E-state index in [4.69, 9.17) is 1.37 Å². The van der Waals surface area contributed by atoms with Gasteiger partial charge in [-0.3, -0.25) is 4.79 Å². The van der Waals surface area contributed by atoms with Gasteiger partial charge in [-0.15, -0.1) is 0 Å². The summed E-state index contributed by atoms with van der Waals surface area (Å²) in [5.74, 6) is -10.4. The Kier molecular flexibility index (Phi) is 2.58. The number of hydrogen-bond donors (Lipinski definition) is 1. The Morgan fingerprint density at radius 1 is 1.30 bits per heavy atom. The van der Waals surface area contributed by atoms with Gasteiger partial charge >= 0.3 is 12.1 Å². The number of fused-ring (bicyclic) bond motifs is 2. The van der Waals surface area contributed by atoms with Crippen molar-refractivity contribution in [2.45, 2.75) is 39.3 Å². The molecule has 0 saturated heterocycles. The number of rotatable bonds is 1. The third-order valence-electron chi connectivity index (χ3n) is 5.19. The molecule has 2 aliphatic carbocycles. The molecule has 0 aromatic heterocycles. The van der Waals surface area contributed by atoms with E-state index in [0.29, 0.717) is 0 Å². The molecule has 3 unspecified atom stereocenters. The maximum absolute atomic E-state index is 13.8. The van der Waals surface area contributed by atoms with Gasteiger partial charge in [-0.25, -0.2) is 0 Å². The van der Waals surface area contributed by atoms with Crippen LogP contribution in [-0.4, -0.2) is 23.0 Å². The van der Waals surface area contributed by atoms with Crippen LogP contribution in [0.4, 0.5) is 22.0 Å². The minimum atomic E-state index is -5.85. The SMILES string of the molecule is [2H]C(O)=C1CC2(C)C(=O)C(C(F)(F)C(F)(F)F)C1C2(C)C. The van der Waals surface area contributed by atoms with E-state index in [9.17, 15) is 31.9 Å². The van der Waals surface area contributed by atoms with Crippen molar-refractivity contribution in [1.29, 1.82) is 0 Å². The van der Waals surface area contributed by atoms with Gasteiger partial charge in [0, 0.05) is 11.3 Å². The second-order valence-corrected chi connectivity index (χ2v) is 6.31. The lowest BCUT2D eigenvalue weighted by atomic mass is 9.70. The maximum Gasteiger partial charge on any atom is 0.454 e. The van der Waals surface area contributed by atoms with Gasteiger partial charge in [0.25, 0.3) is 0 Å². The van der Waals surface area contributed by atoms with Crippen molar-refractivity contribution in [3.8, 4) is 0 Å². The molecule has 2 rings (SSSR count). The Bertz CT molecular complexity index is 533. The summed E-state index contributed by atoms with van der Waals surface area (Å²) < 4.78 is 72.8. The topological polar surface area (TPSA) is 37.3 Å². The predicted molar refractivity (Wildman–Crippen MR) is 60.2 cm³/mol. The monoisotopic (exact) mass is 299 g/mol. The maximum atomic E-state index is 13.8. The van der Waals surface area contributed by atoms with Gasteiger partial charge in [0.2, 0.25) is 0 Å². The second-order valence-electron chi connectivity index (χ2n) is 6.31. The van der Waals surface area contributed by atoms with Crippen molar-refractivity contribution in [3.63, 3.8) is 0 Å². The van der Waals surface area contributed by atoms with Gasteiger partial charge in [-0.2, -0.15) is 22.0 Å². The first-order valence-electron chi connectivity index (χ1n) is 6.57. The highest BCUT2D eigenvalue weighted by Gasteiger charge is 2.78. The molecule has 1 N–H and O–H groups in total. The molecular formula is C13H15F5O2. The lowest BCUT2D eigenvalue weighted by Crippen LogP contribution is -2.50. The molecule has 2 aliphatic rings. The summed E-state index contributed by atoms with van der Waals surface area (Å²) >= 11 is 0. The highest BCUT2D eigenvalue weighted by Crippen LogP contribution is 2.71. The molecule has 0 aromatic rings. The van der Waals surface area contributed by atoms with E-state index in [1.807, 2.05) is 0 Å². The van der Waals surface area contributed by atoms with Crippen LogP contribution in [0.2, 0.25) is 0 Å². The average molecular weight is 299 g/mol. The Balaban J connectivity index is 2.66. The van der Waals surface area contributed by atoms with Gasteiger partial charge in [0.1, 0.15) is 7.15 Å². The number of carbonyl (C=O) groups excluding carboxylic acids is 1. The quantitative estimate of drug-likeness (QED) is 0.589. The largest absolute Gasteiger partial charge is 0.516 e. The molecule has 0 aliphatic heterocycles. The number of hydrogen-bond acceptors (Lipinski definition) is 2. The van der Waals surface area contributed by atoms with Crippen molar-refractivity contribution in [1.82, 2.24) is 0 Å². The van der Waals surface area contributed by atoms with Gasteiger partial charge in [-0.1, -0.05) is 20.8 Å². The van der Waals surface area contributed by atoms with Crippen molar-refractivity contribution >= 4 is 5.78 Å². The number of halogens is 5. The van der Waals surface area contributed by atoms with Crippen molar-refractivity contribution in [2.24, 2.45) is 22.7 Å². The Morgan fingerprint density at radius 2 is 1.80 bits per heavy atom. The summed E-state index contributed by atoms with van der Waals surface area (Å²) in [5.41, 5.74) is -2.83. The second kappa shape index (κ2) is 3.74. The number of alkyl halides is 5. The van der Waals surface area contributed by atoms with Crippen LogP contribution in [0, 0.1) is 22.7 Å². The standard InChI is InChI=1S/C13H15F5O2/c1-10(2)7-6(5-19)4-11(10,3)9(20)8(7)12(14,15)13(16,17)18/h5,7-8,19H,4H2,1-3H3/i5D. The van der Waals surface area contributed by atoms with E-state index in [2.05, 4.69) is 0 Å². The number of ketones is 1. The van der Waals surface area contributed by atoms with Crippen LogP contribution in [0.5, 0.6) is 0 Å². The number of aliphatic hydroxyl groups excluding tert-OH is 1. The fraction of sp³-hybridized carbons (Fsp3) is 0.769. The van der Waals surface area contributed by atoms with E-state index >= 15 is 0 Å². The highest BCUT2D eigenvalue weighted by atomic mass is 19.4. The van der Waals surface area contributed by atoms with Crippen molar-refractivity contribution in [3.05, 3.63) is 11.8 Å². The Labute approximate surface area is 114 Å². The molecule has 7 heteroatoms. The van der Waals surface area contributed by atoms with Crippen LogP contribution in [-0.2, 0) is 4.79 Å². The first-order chi connectivity index (χ1) is 9.19. The molecule has 2 saturated carbocycles. The van der Waals surface area contributed by atoms with E-state index < -0.39 is 46.8 Å². The van der Waals surface area contributed by atoms with Crippen LogP contribution in [0.15, 0.2) is 11.8 Å². The number of Topliss-reactive ketones (excluding diaryl/α,β-unsaturated/α-hetero) is 1. The highest BCUT2D eigenvalue weighted by molar-refractivity contribution is 5.94. The number of aliphatic hydroxyl groups is 1. The fourth-order valence-corrected chi connectivity index (χ4v) is 3.67. The molecule has 114 valence electrons. The van der Waals surface area contributed by atoms with Gasteiger partial charge in [-0.05, 0) is 17.4 Å². The summed E-state index contributed by atoms with van der Waals surface area (Å²) in [6.07, 6.45) is -7.04. The van der Waals surface area contributed by atoms with E-state index in [1.54, 1.807) is 0 Å². The molecule has 2 bridgehead atoms. The fourth-order valence-electron chi connectivity index (χ4n) is 3.67. The molecule has 20 heavy (non-hydrogen) atoms. The first-order valence-corrected chi connectivity index (χ1v) is 6.07. The smallest absolute Gasteiger partial charge is 0.454 e. The molecule has 0 heterocycles. The zero-order valence-corrected chi connectivity index (χ0v) is 11.1. The summed E-state index contributed by atoms with van der Waals surface area (Å²) in [6, 6.07) is 0. The van der Waals surface area contributed by atoms with Gasteiger partial charge < -0.3 is 5.11 Å². The van der Waals surface area contributed by atoms with E-state index in [-0.39, 0.29) is 12.0 Å². The molecule has 0 radical (unpaired) electrons. The summed E-state index contributed by atoms with van der Waals surface area (Å²) in [5, 5.41) is 9.30. The molecule has 0 spiro atoms. The van der Waals surface area contributed by atoms with Crippen LogP contribution >= 0.6 is 0 Å². The first kappa shape index (κ1) is 13.8. The third-order valence-corrected chi connectivity index (χ3v) is 5.19. The van der Waals surface area contributed by atoms with Crippen LogP contribution < -0.4 is 0 Å². The normalized spacial score (nSPS) is 40.0. The van der Waals surface area contributed by atoms with Crippen LogP contribution in [0.1, 0.15) is 28.6 Å². The molecular weight excluding hydrogens is 283 g/mol. The molecule has 3 atom stereocenters. The lowest BCUT2D eigenvalue weighted by molar-refractivity contribution is -0.302. The van der Waals surface area contributed by atoms with Crippen LogP contribution in [0.25, 0.3) is 0 Å². The van der Waals surface area contributed by atoms with Gasteiger partial charge in [0.05, 0.1) is 12.2 Å². The predicted octanol–water partition coefficient (Wildman–Crippen LogP) is 3.88. The van der Waals surface area contributed by atoms with E-state index in [1.165, 1.54) is 20.8 Å². The lowest BCUT2D eigenvalue weighted by Gasteiger charge is -2.33. The molecule has 0 aromatic carbocycles. The minimum Gasteiger partial charge on any atom is -0.516 e. The number of carbonyl (C=O) groups is 1. The van der Waals surface area contributed by atoms with Crippen LogP contribution in [0.3, 0.4) is 0 Å². The van der Waals surface area contributed by atoms with Crippen molar-refractivity contribution < 1.29 is 33.2 Å². The summed E-state index contributed by atoms with van der Waals surface area (Å²) in [7, 11) is 0. The Hall–Kier alpha value is -1.14. The van der Waals surface area contributed by atoms with Gasteiger partial charge in [0.15, 0.2) is 0 Å². The zero-order chi connectivity index (χ0) is 16.6. The zero-order valence-electron chi connectivity index (χ0n) is 12.1. The minimum absolute atomic E-state index is 0.163. The number of allylic oxidation sites excluding steroid dienone is 1.